The quantitative estimate of drug-likeness (QED) is 0.419. The molecule has 1 amide bonds. The fourth-order valence-corrected chi connectivity index (χ4v) is 4.44. The van der Waals surface area contributed by atoms with E-state index in [0.717, 1.165) is 34.0 Å². The molecule has 4 aromatic rings. The van der Waals surface area contributed by atoms with E-state index in [-0.39, 0.29) is 23.5 Å². The number of halogens is 1. The predicted octanol–water partition coefficient (Wildman–Crippen LogP) is 5.13. The molecule has 2 heterocycles. The number of aromatic nitrogens is 2. The number of hydrogen-bond donors (Lipinski definition) is 1. The fourth-order valence-electron chi connectivity index (χ4n) is 4.22. The van der Waals surface area contributed by atoms with E-state index in [9.17, 15) is 9.59 Å². The lowest BCUT2D eigenvalue weighted by molar-refractivity contribution is -0.119. The average Bonchev–Trinajstić information content (AvgIpc) is 3.65. The zero-order valence-corrected chi connectivity index (χ0v) is 18.6. The predicted molar refractivity (Wildman–Crippen MR) is 128 cm³/mol. The third-order valence-electron chi connectivity index (χ3n) is 6.09. The molecule has 1 aliphatic rings. The minimum atomic E-state index is -0.145. The van der Waals surface area contributed by atoms with Gasteiger partial charge in [0.1, 0.15) is 5.78 Å². The molecule has 6 heteroatoms. The van der Waals surface area contributed by atoms with Gasteiger partial charge >= 0.3 is 0 Å². The van der Waals surface area contributed by atoms with Crippen LogP contribution in [0.4, 0.5) is 0 Å². The number of nitrogens with zero attached hydrogens (tertiary/aromatic N) is 2. The van der Waals surface area contributed by atoms with E-state index >= 15 is 0 Å². The molecule has 1 saturated carbocycles. The van der Waals surface area contributed by atoms with Gasteiger partial charge in [-0.3, -0.25) is 19.6 Å². The Hall–Kier alpha value is -3.57. The molecule has 1 aliphatic carbocycles. The van der Waals surface area contributed by atoms with Gasteiger partial charge in [0.2, 0.25) is 0 Å². The fraction of sp³-hybridized carbons (Fsp3) is 0.185. The maximum Gasteiger partial charge on any atom is 0.251 e. The Labute approximate surface area is 196 Å². The van der Waals surface area contributed by atoms with Crippen molar-refractivity contribution in [2.24, 2.45) is 5.92 Å². The number of fused-ring (bicyclic) bond motifs is 1. The van der Waals surface area contributed by atoms with E-state index in [1.807, 2.05) is 54.6 Å². The van der Waals surface area contributed by atoms with Crippen molar-refractivity contribution in [2.45, 2.75) is 25.3 Å². The van der Waals surface area contributed by atoms with Crippen molar-refractivity contribution >= 4 is 34.1 Å². The van der Waals surface area contributed by atoms with E-state index in [1.165, 1.54) is 0 Å². The van der Waals surface area contributed by atoms with Crippen LogP contribution in [0.15, 0.2) is 79.3 Å². The number of carbonyl (C=O) groups excluding carboxylic acids is 2. The van der Waals surface area contributed by atoms with Crippen molar-refractivity contribution in [3.8, 4) is 0 Å². The molecule has 5 nitrogen and oxygen atoms in total. The lowest BCUT2D eigenvalue weighted by Crippen LogP contribution is -2.23. The van der Waals surface area contributed by atoms with Crippen molar-refractivity contribution in [3.05, 3.63) is 107 Å². The van der Waals surface area contributed by atoms with Gasteiger partial charge in [-0.1, -0.05) is 41.9 Å². The molecule has 33 heavy (non-hydrogen) atoms. The molecule has 0 spiro atoms. The second-order valence-corrected chi connectivity index (χ2v) is 8.81. The molecule has 0 radical (unpaired) electrons. The van der Waals surface area contributed by atoms with Gasteiger partial charge in [-0.25, -0.2) is 0 Å². The molecule has 1 fully saturated rings. The molecular formula is C27H22ClN3O2. The first-order chi connectivity index (χ1) is 16.1. The minimum Gasteiger partial charge on any atom is -0.346 e. The molecule has 0 bridgehead atoms. The van der Waals surface area contributed by atoms with Gasteiger partial charge in [0, 0.05) is 47.3 Å². The molecular weight excluding hydrogens is 434 g/mol. The Morgan fingerprint density at radius 2 is 1.94 bits per heavy atom. The van der Waals surface area contributed by atoms with Crippen LogP contribution in [0.1, 0.15) is 39.5 Å². The maximum absolute atomic E-state index is 12.9. The second kappa shape index (κ2) is 9.12. The number of ketones is 1. The summed E-state index contributed by atoms with van der Waals surface area (Å²) in [4.78, 5) is 33.8. The molecule has 2 aromatic carbocycles. The highest BCUT2D eigenvalue weighted by Crippen LogP contribution is 2.48. The van der Waals surface area contributed by atoms with E-state index in [2.05, 4.69) is 15.3 Å². The topological polar surface area (TPSA) is 72.0 Å². The Morgan fingerprint density at radius 3 is 2.79 bits per heavy atom. The number of hydrogen-bond acceptors (Lipinski definition) is 4. The van der Waals surface area contributed by atoms with E-state index in [4.69, 9.17) is 11.6 Å². The van der Waals surface area contributed by atoms with Crippen LogP contribution >= 0.6 is 11.6 Å². The zero-order valence-electron chi connectivity index (χ0n) is 17.9. The van der Waals surface area contributed by atoms with E-state index in [1.54, 1.807) is 24.7 Å². The zero-order chi connectivity index (χ0) is 22.8. The highest BCUT2D eigenvalue weighted by molar-refractivity contribution is 6.35. The van der Waals surface area contributed by atoms with Crippen molar-refractivity contribution in [1.29, 1.82) is 0 Å². The molecule has 2 atom stereocenters. The van der Waals surface area contributed by atoms with Gasteiger partial charge in [0.05, 0.1) is 17.3 Å². The van der Waals surface area contributed by atoms with Gasteiger partial charge in [-0.15, -0.1) is 0 Å². The third kappa shape index (κ3) is 4.78. The summed E-state index contributed by atoms with van der Waals surface area (Å²) in [5.74, 6) is 0.220. The number of rotatable bonds is 7. The van der Waals surface area contributed by atoms with Gasteiger partial charge in [0.25, 0.3) is 5.91 Å². The van der Waals surface area contributed by atoms with Crippen LogP contribution in [-0.2, 0) is 17.8 Å². The summed E-state index contributed by atoms with van der Waals surface area (Å²) in [5, 5.41) is 5.36. The van der Waals surface area contributed by atoms with E-state index in [0.29, 0.717) is 23.6 Å². The second-order valence-electron chi connectivity index (χ2n) is 8.40. The van der Waals surface area contributed by atoms with Gasteiger partial charge in [0.15, 0.2) is 0 Å². The summed E-state index contributed by atoms with van der Waals surface area (Å²) in [6.45, 7) is 0.375. The number of pyridine rings is 2. The average molecular weight is 456 g/mol. The first kappa shape index (κ1) is 21.3. The lowest BCUT2D eigenvalue weighted by Gasteiger charge is -2.07. The van der Waals surface area contributed by atoms with Gasteiger partial charge in [-0.2, -0.15) is 0 Å². The van der Waals surface area contributed by atoms with Crippen LogP contribution in [0.25, 0.3) is 10.8 Å². The highest BCUT2D eigenvalue weighted by Gasteiger charge is 2.43. The van der Waals surface area contributed by atoms with Crippen LogP contribution in [0.5, 0.6) is 0 Å². The van der Waals surface area contributed by atoms with Crippen molar-refractivity contribution in [3.63, 3.8) is 0 Å². The number of benzene rings is 2. The highest BCUT2D eigenvalue weighted by atomic mass is 35.5. The van der Waals surface area contributed by atoms with Crippen molar-refractivity contribution < 1.29 is 9.59 Å². The van der Waals surface area contributed by atoms with Crippen LogP contribution in [0.3, 0.4) is 0 Å². The monoisotopic (exact) mass is 455 g/mol. The summed E-state index contributed by atoms with van der Waals surface area (Å²) in [6.07, 6.45) is 6.28. The number of nitrogens with one attached hydrogen (secondary N) is 1. The van der Waals surface area contributed by atoms with Crippen molar-refractivity contribution in [2.75, 3.05) is 0 Å². The standard InChI is InChI=1S/C27H22ClN3O2/c28-25-16-29-14-20-8-7-17(10-23(20)25)11-26(32)24-13-22(24)18-4-3-5-19(12-18)27(33)31-15-21-6-1-2-9-30-21/h1-10,12,14,16,22,24H,11,13,15H2,(H,31,33)/t22-,24+/m0/s1. The smallest absolute Gasteiger partial charge is 0.251 e. The molecule has 5 rings (SSSR count). The number of Topliss-reactive ketones (excluding diaryl/α,β-unsaturated/α-hetero) is 1. The molecule has 1 N–H and O–H groups in total. The largest absolute Gasteiger partial charge is 0.346 e. The van der Waals surface area contributed by atoms with Gasteiger partial charge < -0.3 is 5.32 Å². The lowest BCUT2D eigenvalue weighted by atomic mass is 10.00. The first-order valence-corrected chi connectivity index (χ1v) is 11.3. The van der Waals surface area contributed by atoms with Crippen LogP contribution in [0, 0.1) is 5.92 Å². The molecule has 164 valence electrons. The first-order valence-electron chi connectivity index (χ1n) is 10.9. The summed E-state index contributed by atoms with van der Waals surface area (Å²) >= 11 is 6.26. The number of amides is 1. The summed E-state index contributed by atoms with van der Waals surface area (Å²) in [7, 11) is 0. The molecule has 0 unspecified atom stereocenters. The third-order valence-corrected chi connectivity index (χ3v) is 6.39. The SMILES string of the molecule is O=C(NCc1ccccn1)c1cccc([C@@H]2C[C@H]2C(=O)Cc2ccc3cncc(Cl)c3c2)c1. The summed E-state index contributed by atoms with van der Waals surface area (Å²) in [5.41, 5.74) is 3.39. The minimum absolute atomic E-state index is 0.0135. The summed E-state index contributed by atoms with van der Waals surface area (Å²) in [6, 6.07) is 19.1. The molecule has 0 aliphatic heterocycles. The van der Waals surface area contributed by atoms with Crippen LogP contribution in [0.2, 0.25) is 5.02 Å². The Balaban J connectivity index is 1.22. The Morgan fingerprint density at radius 1 is 1.03 bits per heavy atom. The summed E-state index contributed by atoms with van der Waals surface area (Å²) < 4.78 is 0. The normalized spacial score (nSPS) is 17.0. The Bertz CT molecular complexity index is 1340. The molecule has 0 saturated heterocycles. The molecule has 2 aromatic heterocycles. The number of carbonyl (C=O) groups is 2. The van der Waals surface area contributed by atoms with Crippen molar-refractivity contribution in [1.82, 2.24) is 15.3 Å². The van der Waals surface area contributed by atoms with Gasteiger partial charge in [-0.05, 0) is 53.8 Å². The maximum atomic E-state index is 12.9. The van der Waals surface area contributed by atoms with Crippen LogP contribution in [-0.4, -0.2) is 21.7 Å². The van der Waals surface area contributed by atoms with E-state index < -0.39 is 0 Å². The Kier molecular flexibility index (Phi) is 5.88. The van der Waals surface area contributed by atoms with Crippen LogP contribution < -0.4 is 5.32 Å².